The molecular weight excluding hydrogens is 342 g/mol. The Hall–Kier alpha value is -3.94. The van der Waals surface area contributed by atoms with E-state index in [0.717, 1.165) is 22.2 Å². The van der Waals surface area contributed by atoms with E-state index in [1.54, 1.807) is 36.7 Å². The third-order valence-corrected chi connectivity index (χ3v) is 4.15. The van der Waals surface area contributed by atoms with Gasteiger partial charge in [-0.1, -0.05) is 12.1 Å². The zero-order valence-corrected chi connectivity index (χ0v) is 14.5. The second-order valence-electron chi connectivity index (χ2n) is 6.05. The quantitative estimate of drug-likeness (QED) is 0.434. The van der Waals surface area contributed by atoms with Gasteiger partial charge in [-0.3, -0.25) is 9.89 Å². The van der Waals surface area contributed by atoms with E-state index < -0.39 is 5.91 Å². The molecule has 2 aromatic heterocycles. The summed E-state index contributed by atoms with van der Waals surface area (Å²) in [5, 5.41) is 14.5. The van der Waals surface area contributed by atoms with Crippen molar-refractivity contribution in [3.05, 3.63) is 66.0 Å². The first-order chi connectivity index (χ1) is 13.1. The molecule has 4 aromatic rings. The molecule has 0 atom stereocenters. The van der Waals surface area contributed by atoms with Gasteiger partial charge in [0.25, 0.3) is 0 Å². The molecule has 0 saturated carbocycles. The number of benzene rings is 2. The van der Waals surface area contributed by atoms with Crippen LogP contribution in [0.3, 0.4) is 0 Å². The van der Waals surface area contributed by atoms with Gasteiger partial charge in [0.1, 0.15) is 5.82 Å². The number of carbonyl (C=O) groups is 1. The topological polar surface area (TPSA) is 122 Å². The highest BCUT2D eigenvalue weighted by Gasteiger charge is 2.08. The predicted octanol–water partition coefficient (Wildman–Crippen LogP) is 3.25. The van der Waals surface area contributed by atoms with Gasteiger partial charge in [-0.25, -0.2) is 4.98 Å². The largest absolute Gasteiger partial charge is 0.366 e. The number of nitrogens with two attached hydrogens (primary N) is 1. The second kappa shape index (κ2) is 6.75. The monoisotopic (exact) mass is 359 g/mol. The summed E-state index contributed by atoms with van der Waals surface area (Å²) < 4.78 is 0. The Balaban J connectivity index is 1.59. The maximum absolute atomic E-state index is 11.3. The van der Waals surface area contributed by atoms with E-state index in [1.807, 2.05) is 25.1 Å². The van der Waals surface area contributed by atoms with E-state index in [2.05, 4.69) is 30.8 Å². The van der Waals surface area contributed by atoms with Crippen molar-refractivity contribution in [2.45, 2.75) is 6.92 Å². The van der Waals surface area contributed by atoms with E-state index in [4.69, 9.17) is 5.73 Å². The summed E-state index contributed by atoms with van der Waals surface area (Å²) in [4.78, 5) is 20.0. The average Bonchev–Trinajstić information content (AvgIpc) is 3.16. The van der Waals surface area contributed by atoms with Crippen LogP contribution in [0.15, 0.2) is 54.9 Å². The SMILES string of the molecule is Cc1ccc(Nc2ccnc(Nc3cccc(C(N)=O)c3)n2)c2cn[nH]c12. The molecule has 0 saturated heterocycles. The van der Waals surface area contributed by atoms with E-state index in [9.17, 15) is 4.79 Å². The highest BCUT2D eigenvalue weighted by Crippen LogP contribution is 2.27. The van der Waals surface area contributed by atoms with E-state index in [-0.39, 0.29) is 0 Å². The number of primary amides is 1. The van der Waals surface area contributed by atoms with Crippen LogP contribution in [0.2, 0.25) is 0 Å². The molecule has 0 radical (unpaired) electrons. The Bertz CT molecular complexity index is 1140. The molecule has 5 N–H and O–H groups in total. The van der Waals surface area contributed by atoms with Gasteiger partial charge in [0.2, 0.25) is 11.9 Å². The molecule has 8 nitrogen and oxygen atoms in total. The first-order valence-corrected chi connectivity index (χ1v) is 8.30. The van der Waals surface area contributed by atoms with Crippen LogP contribution in [0.25, 0.3) is 10.9 Å². The van der Waals surface area contributed by atoms with Crippen molar-refractivity contribution < 1.29 is 4.79 Å². The summed E-state index contributed by atoms with van der Waals surface area (Å²) in [6, 6.07) is 12.6. The van der Waals surface area contributed by atoms with Gasteiger partial charge in [0, 0.05) is 22.8 Å². The van der Waals surface area contributed by atoms with Gasteiger partial charge in [0.05, 0.1) is 17.4 Å². The number of nitrogens with zero attached hydrogens (tertiary/aromatic N) is 3. The number of aromatic nitrogens is 4. The zero-order chi connectivity index (χ0) is 18.8. The Labute approximate surface area is 154 Å². The zero-order valence-electron chi connectivity index (χ0n) is 14.5. The Morgan fingerprint density at radius 3 is 2.89 bits per heavy atom. The minimum atomic E-state index is -0.488. The molecule has 0 unspecified atom stereocenters. The molecule has 0 aliphatic heterocycles. The van der Waals surface area contributed by atoms with Crippen LogP contribution in [0.5, 0.6) is 0 Å². The van der Waals surface area contributed by atoms with Crippen molar-refractivity contribution in [1.29, 1.82) is 0 Å². The number of nitrogens with one attached hydrogen (secondary N) is 3. The minimum Gasteiger partial charge on any atom is -0.366 e. The van der Waals surface area contributed by atoms with Crippen molar-refractivity contribution in [3.8, 4) is 0 Å². The highest BCUT2D eigenvalue weighted by atomic mass is 16.1. The number of carbonyl (C=O) groups excluding carboxylic acids is 1. The first-order valence-electron chi connectivity index (χ1n) is 8.30. The minimum absolute atomic E-state index is 0.400. The number of H-pyrrole nitrogens is 1. The molecule has 0 bridgehead atoms. The third kappa shape index (κ3) is 3.40. The van der Waals surface area contributed by atoms with Crippen molar-refractivity contribution in [3.63, 3.8) is 0 Å². The molecule has 4 rings (SSSR count). The molecule has 0 spiro atoms. The summed E-state index contributed by atoms with van der Waals surface area (Å²) in [7, 11) is 0. The van der Waals surface area contributed by atoms with Gasteiger partial charge in [-0.2, -0.15) is 10.1 Å². The maximum Gasteiger partial charge on any atom is 0.248 e. The Morgan fingerprint density at radius 1 is 1.15 bits per heavy atom. The summed E-state index contributed by atoms with van der Waals surface area (Å²) >= 11 is 0. The van der Waals surface area contributed by atoms with Gasteiger partial charge < -0.3 is 16.4 Å². The number of fused-ring (bicyclic) bond motifs is 1. The van der Waals surface area contributed by atoms with Crippen molar-refractivity contribution >= 4 is 40.0 Å². The average molecular weight is 359 g/mol. The molecule has 27 heavy (non-hydrogen) atoms. The summed E-state index contributed by atoms with van der Waals surface area (Å²) in [5.41, 5.74) is 9.40. The van der Waals surface area contributed by atoms with E-state index in [1.165, 1.54) is 0 Å². The molecular formula is C19H17N7O. The summed E-state index contributed by atoms with van der Waals surface area (Å²) in [6.07, 6.45) is 3.43. The number of anilines is 4. The summed E-state index contributed by atoms with van der Waals surface area (Å²) in [6.45, 7) is 2.03. The van der Waals surface area contributed by atoms with Gasteiger partial charge in [-0.05, 0) is 42.8 Å². The summed E-state index contributed by atoms with van der Waals surface area (Å²) in [5.74, 6) is 0.542. The van der Waals surface area contributed by atoms with Gasteiger partial charge in [0.15, 0.2) is 0 Å². The van der Waals surface area contributed by atoms with Crippen LogP contribution >= 0.6 is 0 Å². The lowest BCUT2D eigenvalue weighted by atomic mass is 10.1. The van der Waals surface area contributed by atoms with Crippen LogP contribution in [-0.4, -0.2) is 26.1 Å². The fourth-order valence-corrected chi connectivity index (χ4v) is 2.79. The second-order valence-corrected chi connectivity index (χ2v) is 6.05. The lowest BCUT2D eigenvalue weighted by Gasteiger charge is -2.10. The first kappa shape index (κ1) is 16.5. The maximum atomic E-state index is 11.3. The van der Waals surface area contributed by atoms with Crippen molar-refractivity contribution in [2.75, 3.05) is 10.6 Å². The molecule has 1 amide bonds. The third-order valence-electron chi connectivity index (χ3n) is 4.15. The Kier molecular flexibility index (Phi) is 4.13. The van der Waals surface area contributed by atoms with Gasteiger partial charge in [-0.15, -0.1) is 0 Å². The van der Waals surface area contributed by atoms with Crippen molar-refractivity contribution in [2.24, 2.45) is 5.73 Å². The smallest absolute Gasteiger partial charge is 0.248 e. The number of hydrogen-bond acceptors (Lipinski definition) is 6. The Morgan fingerprint density at radius 2 is 2.04 bits per heavy atom. The van der Waals surface area contributed by atoms with Crippen LogP contribution in [0.4, 0.5) is 23.1 Å². The molecule has 2 aromatic carbocycles. The standard InChI is InChI=1S/C19H17N7O/c1-11-5-6-15(14-10-22-26-17(11)14)24-16-7-8-21-19(25-16)23-13-4-2-3-12(9-13)18(20)27/h2-10H,1H3,(H2,20,27)(H,22,26)(H2,21,23,24,25). The number of rotatable bonds is 5. The van der Waals surface area contributed by atoms with E-state index in [0.29, 0.717) is 23.0 Å². The molecule has 0 aliphatic rings. The fraction of sp³-hybridized carbons (Fsp3) is 0.0526. The molecule has 2 heterocycles. The lowest BCUT2D eigenvalue weighted by Crippen LogP contribution is -2.11. The number of aryl methyl sites for hydroxylation is 1. The van der Waals surface area contributed by atoms with E-state index >= 15 is 0 Å². The normalized spacial score (nSPS) is 10.7. The fourth-order valence-electron chi connectivity index (χ4n) is 2.79. The number of hydrogen-bond donors (Lipinski definition) is 4. The van der Waals surface area contributed by atoms with Crippen LogP contribution in [0, 0.1) is 6.92 Å². The van der Waals surface area contributed by atoms with Crippen LogP contribution in [-0.2, 0) is 0 Å². The lowest BCUT2D eigenvalue weighted by molar-refractivity contribution is 0.100. The molecule has 8 heteroatoms. The van der Waals surface area contributed by atoms with Crippen LogP contribution < -0.4 is 16.4 Å². The van der Waals surface area contributed by atoms with Crippen LogP contribution in [0.1, 0.15) is 15.9 Å². The van der Waals surface area contributed by atoms with Crippen molar-refractivity contribution in [1.82, 2.24) is 20.2 Å². The number of amides is 1. The number of aromatic amines is 1. The molecule has 134 valence electrons. The predicted molar refractivity (Wildman–Crippen MR) is 104 cm³/mol. The van der Waals surface area contributed by atoms with Gasteiger partial charge >= 0.3 is 0 Å². The molecule has 0 aliphatic carbocycles. The molecule has 0 fully saturated rings. The highest BCUT2D eigenvalue weighted by molar-refractivity contribution is 5.95.